The maximum atomic E-state index is 11.2. The molecule has 1 aromatic heterocycles. The first-order chi connectivity index (χ1) is 6.79. The van der Waals surface area contributed by atoms with Crippen LogP contribution in [0.3, 0.4) is 0 Å². The van der Waals surface area contributed by atoms with Gasteiger partial charge in [0.25, 0.3) is 0 Å². The average molecular weight is 212 g/mol. The van der Waals surface area contributed by atoms with E-state index in [-0.39, 0.29) is 6.03 Å². The highest BCUT2D eigenvalue weighted by Gasteiger charge is 2.20. The van der Waals surface area contributed by atoms with E-state index >= 15 is 0 Å². The molecule has 1 fully saturated rings. The minimum atomic E-state index is -0.00162. The van der Waals surface area contributed by atoms with E-state index in [0.29, 0.717) is 6.54 Å². The minimum Gasteiger partial charge on any atom is -0.336 e. The largest absolute Gasteiger partial charge is 0.336 e. The first-order valence-electron chi connectivity index (χ1n) is 4.63. The molecule has 1 aliphatic heterocycles. The zero-order chi connectivity index (χ0) is 9.97. The molecule has 2 rings (SSSR count). The van der Waals surface area contributed by atoms with Gasteiger partial charge in [-0.3, -0.25) is 0 Å². The number of urea groups is 1. The van der Waals surface area contributed by atoms with E-state index < -0.39 is 0 Å². The Morgan fingerprint density at radius 3 is 2.86 bits per heavy atom. The molecule has 14 heavy (non-hydrogen) atoms. The van der Waals surface area contributed by atoms with E-state index in [4.69, 9.17) is 0 Å². The number of hydrogen-bond acceptors (Lipinski definition) is 4. The number of carbonyl (C=O) groups excluding carboxylic acids is 1. The molecule has 1 saturated heterocycles. The smallest absolute Gasteiger partial charge is 0.317 e. The zero-order valence-electron chi connectivity index (χ0n) is 7.99. The molecular formula is C8H12N4OS. The number of aryl methyl sites for hydroxylation is 1. The van der Waals surface area contributed by atoms with Crippen LogP contribution in [-0.2, 0) is 13.0 Å². The third-order valence-corrected chi connectivity index (χ3v) is 3.13. The van der Waals surface area contributed by atoms with Crippen LogP contribution in [0.5, 0.6) is 0 Å². The summed E-state index contributed by atoms with van der Waals surface area (Å²) in [5, 5.41) is 12.7. The van der Waals surface area contributed by atoms with Crippen molar-refractivity contribution in [2.45, 2.75) is 19.9 Å². The van der Waals surface area contributed by atoms with Crippen molar-refractivity contribution < 1.29 is 4.79 Å². The summed E-state index contributed by atoms with van der Waals surface area (Å²) in [6, 6.07) is -0.00162. The lowest BCUT2D eigenvalue weighted by molar-refractivity contribution is 0.215. The predicted molar refractivity (Wildman–Crippen MR) is 53.1 cm³/mol. The van der Waals surface area contributed by atoms with E-state index in [1.807, 2.05) is 6.92 Å². The van der Waals surface area contributed by atoms with Crippen molar-refractivity contribution in [3.63, 3.8) is 0 Å². The topological polar surface area (TPSA) is 58.1 Å². The number of rotatable bonds is 3. The third kappa shape index (κ3) is 1.84. The Morgan fingerprint density at radius 2 is 2.29 bits per heavy atom. The molecule has 0 radical (unpaired) electrons. The Kier molecular flexibility index (Phi) is 2.62. The number of nitrogens with zero attached hydrogens (tertiary/aromatic N) is 3. The van der Waals surface area contributed by atoms with Crippen molar-refractivity contribution in [1.29, 1.82) is 0 Å². The van der Waals surface area contributed by atoms with Crippen LogP contribution in [0.2, 0.25) is 0 Å². The molecule has 0 saturated carbocycles. The highest BCUT2D eigenvalue weighted by atomic mass is 32.1. The van der Waals surface area contributed by atoms with Gasteiger partial charge in [0, 0.05) is 13.1 Å². The summed E-state index contributed by atoms with van der Waals surface area (Å²) in [6.07, 6.45) is 0.907. The molecule has 6 heteroatoms. The lowest BCUT2D eigenvalue weighted by atomic mass is 10.5. The Bertz CT molecular complexity index is 338. The molecular weight excluding hydrogens is 200 g/mol. The third-order valence-electron chi connectivity index (χ3n) is 2.08. The average Bonchev–Trinajstić information content (AvgIpc) is 2.77. The van der Waals surface area contributed by atoms with E-state index in [9.17, 15) is 4.79 Å². The molecule has 0 aliphatic carbocycles. The van der Waals surface area contributed by atoms with E-state index in [0.717, 1.165) is 29.5 Å². The highest BCUT2D eigenvalue weighted by Crippen LogP contribution is 2.13. The van der Waals surface area contributed by atoms with Gasteiger partial charge in [-0.1, -0.05) is 18.3 Å². The van der Waals surface area contributed by atoms with Crippen molar-refractivity contribution in [2.24, 2.45) is 0 Å². The van der Waals surface area contributed by atoms with Crippen LogP contribution in [0.25, 0.3) is 0 Å². The van der Waals surface area contributed by atoms with Crippen LogP contribution in [0.4, 0.5) is 4.79 Å². The standard InChI is InChI=1S/C8H12N4OS/c1-2-6-10-11-7(14-6)5-12-4-3-9-8(12)13/h2-5H2,1H3,(H,9,13). The van der Waals surface area contributed by atoms with Crippen LogP contribution < -0.4 is 5.32 Å². The predicted octanol–water partition coefficient (Wildman–Crippen LogP) is 0.626. The van der Waals surface area contributed by atoms with Gasteiger partial charge in [0.2, 0.25) is 0 Å². The van der Waals surface area contributed by atoms with Gasteiger partial charge >= 0.3 is 6.03 Å². The fraction of sp³-hybridized carbons (Fsp3) is 0.625. The minimum absolute atomic E-state index is 0.00162. The van der Waals surface area contributed by atoms with Gasteiger partial charge in [-0.15, -0.1) is 10.2 Å². The summed E-state index contributed by atoms with van der Waals surface area (Å²) in [5.41, 5.74) is 0. The highest BCUT2D eigenvalue weighted by molar-refractivity contribution is 7.11. The number of aromatic nitrogens is 2. The second-order valence-electron chi connectivity index (χ2n) is 3.10. The molecule has 76 valence electrons. The van der Waals surface area contributed by atoms with Crippen molar-refractivity contribution in [3.05, 3.63) is 10.0 Å². The van der Waals surface area contributed by atoms with Crippen molar-refractivity contribution in [2.75, 3.05) is 13.1 Å². The van der Waals surface area contributed by atoms with Crippen LogP contribution in [0.1, 0.15) is 16.9 Å². The van der Waals surface area contributed by atoms with Crippen molar-refractivity contribution >= 4 is 17.4 Å². The molecule has 5 nitrogen and oxygen atoms in total. The monoisotopic (exact) mass is 212 g/mol. The van der Waals surface area contributed by atoms with Gasteiger partial charge in [-0.2, -0.15) is 0 Å². The van der Waals surface area contributed by atoms with Gasteiger partial charge in [-0.25, -0.2) is 4.79 Å². The normalized spacial score (nSPS) is 16.1. The summed E-state index contributed by atoms with van der Waals surface area (Å²) < 4.78 is 0. The molecule has 2 heterocycles. The van der Waals surface area contributed by atoms with Gasteiger partial charge < -0.3 is 10.2 Å². The fourth-order valence-corrected chi connectivity index (χ4v) is 2.12. The van der Waals surface area contributed by atoms with Crippen molar-refractivity contribution in [1.82, 2.24) is 20.4 Å². The SMILES string of the molecule is CCc1nnc(CN2CCNC2=O)s1. The number of hydrogen-bond donors (Lipinski definition) is 1. The Balaban J connectivity index is 1.99. The van der Waals surface area contributed by atoms with Gasteiger partial charge in [-0.05, 0) is 6.42 Å². The second kappa shape index (κ2) is 3.91. The van der Waals surface area contributed by atoms with E-state index in [2.05, 4.69) is 15.5 Å². The molecule has 0 unspecified atom stereocenters. The van der Waals surface area contributed by atoms with Gasteiger partial charge in [0.05, 0.1) is 6.54 Å². The molecule has 1 aromatic rings. The Labute approximate surface area is 86.1 Å². The first-order valence-corrected chi connectivity index (χ1v) is 5.45. The summed E-state index contributed by atoms with van der Waals surface area (Å²) in [6.45, 7) is 4.13. The van der Waals surface area contributed by atoms with Gasteiger partial charge in [0.1, 0.15) is 10.0 Å². The maximum absolute atomic E-state index is 11.2. The molecule has 1 N–H and O–H groups in total. The van der Waals surface area contributed by atoms with E-state index in [1.165, 1.54) is 0 Å². The molecule has 2 amide bonds. The van der Waals surface area contributed by atoms with Crippen LogP contribution in [-0.4, -0.2) is 34.2 Å². The summed E-state index contributed by atoms with van der Waals surface area (Å²) >= 11 is 1.58. The molecule has 0 atom stereocenters. The van der Waals surface area contributed by atoms with Crippen molar-refractivity contribution in [3.8, 4) is 0 Å². The number of nitrogens with one attached hydrogen (secondary N) is 1. The molecule has 0 spiro atoms. The zero-order valence-corrected chi connectivity index (χ0v) is 8.80. The Hall–Kier alpha value is -1.17. The molecule has 0 aromatic carbocycles. The maximum Gasteiger partial charge on any atom is 0.317 e. The molecule has 0 bridgehead atoms. The van der Waals surface area contributed by atoms with Crippen LogP contribution >= 0.6 is 11.3 Å². The lowest BCUT2D eigenvalue weighted by Gasteiger charge is -2.10. The van der Waals surface area contributed by atoms with Gasteiger partial charge in [0.15, 0.2) is 0 Å². The summed E-state index contributed by atoms with van der Waals surface area (Å²) in [7, 11) is 0. The summed E-state index contributed by atoms with van der Waals surface area (Å²) in [5.74, 6) is 0. The fourth-order valence-electron chi connectivity index (χ4n) is 1.32. The quantitative estimate of drug-likeness (QED) is 0.799. The van der Waals surface area contributed by atoms with E-state index in [1.54, 1.807) is 16.2 Å². The second-order valence-corrected chi connectivity index (χ2v) is 4.24. The molecule has 1 aliphatic rings. The lowest BCUT2D eigenvalue weighted by Crippen LogP contribution is -2.27. The number of amides is 2. The Morgan fingerprint density at radius 1 is 1.50 bits per heavy atom. The summed E-state index contributed by atoms with van der Waals surface area (Å²) in [4.78, 5) is 13.0. The number of carbonyl (C=O) groups is 1. The first kappa shape index (κ1) is 9.39. The van der Waals surface area contributed by atoms with Crippen LogP contribution in [0.15, 0.2) is 0 Å². The van der Waals surface area contributed by atoms with Crippen LogP contribution in [0, 0.1) is 0 Å².